The summed E-state index contributed by atoms with van der Waals surface area (Å²) in [6, 6.07) is 11.4. The number of carbonyl (C=O) groups excluding carboxylic acids is 2. The fourth-order valence-electron chi connectivity index (χ4n) is 2.75. The number of hydrogen-bond acceptors (Lipinski definition) is 4. The topological polar surface area (TPSA) is 101 Å². The lowest BCUT2D eigenvalue weighted by molar-refractivity contribution is 0.101. The third kappa shape index (κ3) is 3.19. The molecule has 0 atom stereocenters. The van der Waals surface area contributed by atoms with Gasteiger partial charge in [0.25, 0.3) is 5.91 Å². The monoisotopic (exact) mass is 351 g/mol. The van der Waals surface area contributed by atoms with Crippen LogP contribution in [-0.4, -0.2) is 21.2 Å². The number of aromatic nitrogens is 2. The third-order valence-corrected chi connectivity index (χ3v) is 4.08. The predicted molar refractivity (Wildman–Crippen MR) is 98.9 cm³/mol. The van der Waals surface area contributed by atoms with Crippen molar-refractivity contribution in [3.8, 4) is 0 Å². The molecule has 7 heteroatoms. The molecule has 1 amide bonds. The van der Waals surface area contributed by atoms with Gasteiger partial charge in [-0.25, -0.2) is 0 Å². The number of aryl methyl sites for hydroxylation is 1. The second kappa shape index (κ2) is 6.79. The van der Waals surface area contributed by atoms with Crippen LogP contribution in [0.15, 0.2) is 52.1 Å². The number of fused-ring (bicyclic) bond motifs is 1. The van der Waals surface area contributed by atoms with Crippen molar-refractivity contribution in [3.05, 3.63) is 74.3 Å². The minimum atomic E-state index is -0.730. The molecule has 3 rings (SSSR count). The highest BCUT2D eigenvalue weighted by atomic mass is 16.2. The Balaban J connectivity index is 1.98. The zero-order valence-electron chi connectivity index (χ0n) is 14.3. The summed E-state index contributed by atoms with van der Waals surface area (Å²) in [6.07, 6.45) is 0. The van der Waals surface area contributed by atoms with Crippen molar-refractivity contribution in [1.82, 2.24) is 9.55 Å². The molecule has 0 bridgehead atoms. The van der Waals surface area contributed by atoms with Gasteiger partial charge in [0.05, 0.1) is 11.0 Å². The lowest BCUT2D eigenvalue weighted by atomic mass is 10.1. The van der Waals surface area contributed by atoms with E-state index >= 15 is 0 Å². The number of nitrogens with one attached hydrogen (secondary N) is 2. The largest absolute Gasteiger partial charge is 0.322 e. The predicted octanol–water partition coefficient (Wildman–Crippen LogP) is 2.16. The number of hydrogen-bond donors (Lipinski definition) is 2. The molecule has 0 radical (unpaired) electrons. The van der Waals surface area contributed by atoms with Gasteiger partial charge in [-0.2, -0.15) is 0 Å². The fraction of sp³-hybridized carbons (Fsp3) is 0.158. The number of Topliss-reactive ketones (excluding diaryl/α,β-unsaturated/α-hetero) is 1. The van der Waals surface area contributed by atoms with E-state index in [1.807, 2.05) is 0 Å². The van der Waals surface area contributed by atoms with Crippen LogP contribution in [0, 0.1) is 0 Å². The third-order valence-electron chi connectivity index (χ3n) is 4.08. The molecule has 1 aromatic heterocycles. The smallest absolute Gasteiger partial charge is 0.316 e. The fourth-order valence-corrected chi connectivity index (χ4v) is 2.75. The molecule has 132 valence electrons. The van der Waals surface area contributed by atoms with Crippen LogP contribution in [-0.2, 0) is 6.54 Å². The summed E-state index contributed by atoms with van der Waals surface area (Å²) < 4.78 is 1.35. The number of amides is 1. The van der Waals surface area contributed by atoms with Crippen molar-refractivity contribution in [1.29, 1.82) is 0 Å². The molecule has 26 heavy (non-hydrogen) atoms. The van der Waals surface area contributed by atoms with E-state index in [1.165, 1.54) is 17.6 Å². The number of carbonyl (C=O) groups is 2. The summed E-state index contributed by atoms with van der Waals surface area (Å²) >= 11 is 0. The average Bonchev–Trinajstić information content (AvgIpc) is 2.62. The van der Waals surface area contributed by atoms with Gasteiger partial charge in [0.15, 0.2) is 5.78 Å². The SMILES string of the molecule is CCn1c(=O)c(=O)[nH]c2cc(C(=O)Nc3cccc(C(C)=O)c3)ccc21. The summed E-state index contributed by atoms with van der Waals surface area (Å²) in [7, 11) is 0. The molecular formula is C19H17N3O4. The van der Waals surface area contributed by atoms with Crippen LogP contribution >= 0.6 is 0 Å². The van der Waals surface area contributed by atoms with Gasteiger partial charge in [-0.1, -0.05) is 12.1 Å². The van der Waals surface area contributed by atoms with Crippen LogP contribution in [0.2, 0.25) is 0 Å². The minimum absolute atomic E-state index is 0.0954. The van der Waals surface area contributed by atoms with Crippen molar-refractivity contribution >= 4 is 28.4 Å². The highest BCUT2D eigenvalue weighted by Crippen LogP contribution is 2.15. The van der Waals surface area contributed by atoms with E-state index in [2.05, 4.69) is 10.3 Å². The molecule has 0 unspecified atom stereocenters. The van der Waals surface area contributed by atoms with Gasteiger partial charge in [-0.05, 0) is 44.2 Å². The molecule has 0 aliphatic rings. The quantitative estimate of drug-likeness (QED) is 0.555. The number of aromatic amines is 1. The van der Waals surface area contributed by atoms with Crippen molar-refractivity contribution in [2.24, 2.45) is 0 Å². The van der Waals surface area contributed by atoms with E-state index in [0.29, 0.717) is 34.4 Å². The maximum Gasteiger partial charge on any atom is 0.316 e. The van der Waals surface area contributed by atoms with Gasteiger partial charge >= 0.3 is 11.1 Å². The van der Waals surface area contributed by atoms with E-state index in [-0.39, 0.29) is 11.7 Å². The number of nitrogens with zero attached hydrogens (tertiary/aromatic N) is 1. The molecule has 0 saturated carbocycles. The molecule has 3 aromatic rings. The second-order valence-corrected chi connectivity index (χ2v) is 5.83. The average molecular weight is 351 g/mol. The molecule has 0 aliphatic heterocycles. The number of ketones is 1. The number of H-pyrrole nitrogens is 1. The van der Waals surface area contributed by atoms with E-state index in [1.54, 1.807) is 43.3 Å². The van der Waals surface area contributed by atoms with Gasteiger partial charge in [0.2, 0.25) is 0 Å². The number of rotatable bonds is 4. The van der Waals surface area contributed by atoms with E-state index < -0.39 is 11.1 Å². The Labute approximate surface area is 148 Å². The summed E-state index contributed by atoms with van der Waals surface area (Å²) in [5.41, 5.74) is 0.910. The first-order chi connectivity index (χ1) is 12.4. The summed E-state index contributed by atoms with van der Waals surface area (Å²) in [6.45, 7) is 3.57. The second-order valence-electron chi connectivity index (χ2n) is 5.83. The molecule has 2 N–H and O–H groups in total. The van der Waals surface area contributed by atoms with Crippen molar-refractivity contribution in [2.45, 2.75) is 20.4 Å². The Kier molecular flexibility index (Phi) is 4.53. The van der Waals surface area contributed by atoms with Gasteiger partial charge in [-0.3, -0.25) is 19.2 Å². The van der Waals surface area contributed by atoms with Crippen LogP contribution in [0.3, 0.4) is 0 Å². The molecule has 0 saturated heterocycles. The Bertz CT molecular complexity index is 1140. The van der Waals surface area contributed by atoms with Gasteiger partial charge < -0.3 is 14.9 Å². The van der Waals surface area contributed by atoms with Crippen molar-refractivity contribution < 1.29 is 9.59 Å². The van der Waals surface area contributed by atoms with E-state index in [9.17, 15) is 19.2 Å². The highest BCUT2D eigenvalue weighted by molar-refractivity contribution is 6.06. The Morgan fingerprint density at radius 2 is 1.85 bits per heavy atom. The molecule has 1 heterocycles. The van der Waals surface area contributed by atoms with Crippen LogP contribution in [0.25, 0.3) is 11.0 Å². The summed E-state index contributed by atoms with van der Waals surface area (Å²) in [5, 5.41) is 2.72. The molecule has 2 aromatic carbocycles. The van der Waals surface area contributed by atoms with Gasteiger partial charge in [0, 0.05) is 23.4 Å². The van der Waals surface area contributed by atoms with Gasteiger partial charge in [-0.15, -0.1) is 0 Å². The Hall–Kier alpha value is -3.48. The summed E-state index contributed by atoms with van der Waals surface area (Å²) in [5.74, 6) is -0.482. The van der Waals surface area contributed by atoms with Crippen LogP contribution in [0.5, 0.6) is 0 Å². The highest BCUT2D eigenvalue weighted by Gasteiger charge is 2.11. The van der Waals surface area contributed by atoms with Crippen LogP contribution < -0.4 is 16.4 Å². The molecular weight excluding hydrogens is 334 g/mol. The maximum absolute atomic E-state index is 12.5. The van der Waals surface area contributed by atoms with Gasteiger partial charge in [0.1, 0.15) is 0 Å². The lowest BCUT2D eigenvalue weighted by Gasteiger charge is -2.10. The molecule has 7 nitrogen and oxygen atoms in total. The van der Waals surface area contributed by atoms with Crippen LogP contribution in [0.4, 0.5) is 5.69 Å². The lowest BCUT2D eigenvalue weighted by Crippen LogP contribution is -2.36. The first-order valence-electron chi connectivity index (χ1n) is 8.10. The number of benzene rings is 2. The Morgan fingerprint density at radius 3 is 2.54 bits per heavy atom. The molecule has 0 spiro atoms. The van der Waals surface area contributed by atoms with Crippen LogP contribution in [0.1, 0.15) is 34.6 Å². The Morgan fingerprint density at radius 1 is 1.08 bits per heavy atom. The van der Waals surface area contributed by atoms with Crippen molar-refractivity contribution in [3.63, 3.8) is 0 Å². The van der Waals surface area contributed by atoms with E-state index in [4.69, 9.17) is 0 Å². The zero-order chi connectivity index (χ0) is 18.8. The zero-order valence-corrected chi connectivity index (χ0v) is 14.3. The number of anilines is 1. The first kappa shape index (κ1) is 17.3. The standard InChI is InChI=1S/C19H17N3O4/c1-3-22-16-8-7-13(10-15(16)21-18(25)19(22)26)17(24)20-14-6-4-5-12(9-14)11(2)23/h4-10H,3H2,1-2H3,(H,20,24)(H,21,25). The molecule has 0 aliphatic carbocycles. The first-order valence-corrected chi connectivity index (χ1v) is 8.10. The maximum atomic E-state index is 12.5. The van der Waals surface area contributed by atoms with Crippen molar-refractivity contribution in [2.75, 3.05) is 5.32 Å². The normalized spacial score (nSPS) is 10.7. The molecule has 0 fully saturated rings. The summed E-state index contributed by atoms with van der Waals surface area (Å²) in [4.78, 5) is 50.1. The van der Waals surface area contributed by atoms with E-state index in [0.717, 1.165) is 0 Å². The minimum Gasteiger partial charge on any atom is -0.322 e.